The second-order valence-corrected chi connectivity index (χ2v) is 7.54. The Morgan fingerprint density at radius 1 is 1.50 bits per heavy atom. The van der Waals surface area contributed by atoms with Crippen LogP contribution in [0.3, 0.4) is 0 Å². The standard InChI is InChI=1S/C15H25N3OS/c1-4-19-12-7-15(8-12)5-6-18(11-15)10-13-9-16-14(20-13)17(2)3/h9,12H,4-8,10-11H2,1-3H3. The van der Waals surface area contributed by atoms with Gasteiger partial charge < -0.3 is 9.64 Å². The van der Waals surface area contributed by atoms with Crippen molar-refractivity contribution in [3.63, 3.8) is 0 Å². The maximum absolute atomic E-state index is 5.72. The van der Waals surface area contributed by atoms with E-state index in [0.29, 0.717) is 11.5 Å². The molecule has 3 rings (SSSR count). The van der Waals surface area contributed by atoms with Gasteiger partial charge in [-0.25, -0.2) is 4.98 Å². The fraction of sp³-hybridized carbons (Fsp3) is 0.800. The first-order valence-electron chi connectivity index (χ1n) is 7.56. The van der Waals surface area contributed by atoms with E-state index in [1.165, 1.54) is 37.2 Å². The van der Waals surface area contributed by atoms with Gasteiger partial charge in [-0.05, 0) is 38.1 Å². The van der Waals surface area contributed by atoms with Crippen LogP contribution < -0.4 is 4.90 Å². The molecular weight excluding hydrogens is 270 g/mol. The predicted octanol–water partition coefficient (Wildman–Crippen LogP) is 2.60. The summed E-state index contributed by atoms with van der Waals surface area (Å²) < 4.78 is 5.72. The van der Waals surface area contributed by atoms with E-state index in [1.54, 1.807) is 0 Å². The van der Waals surface area contributed by atoms with Crippen molar-refractivity contribution in [2.75, 3.05) is 38.7 Å². The molecular formula is C15H25N3OS. The molecule has 1 saturated carbocycles. The van der Waals surface area contributed by atoms with E-state index in [0.717, 1.165) is 18.3 Å². The summed E-state index contributed by atoms with van der Waals surface area (Å²) in [5, 5.41) is 1.11. The van der Waals surface area contributed by atoms with Gasteiger partial charge in [0.05, 0.1) is 6.10 Å². The second kappa shape index (κ2) is 5.62. The maximum atomic E-state index is 5.72. The third kappa shape index (κ3) is 2.85. The molecule has 2 fully saturated rings. The molecule has 112 valence electrons. The van der Waals surface area contributed by atoms with Crippen molar-refractivity contribution in [3.8, 4) is 0 Å². The fourth-order valence-electron chi connectivity index (χ4n) is 3.55. The minimum atomic E-state index is 0.531. The Hall–Kier alpha value is -0.650. The van der Waals surface area contributed by atoms with Crippen molar-refractivity contribution in [1.29, 1.82) is 0 Å². The van der Waals surface area contributed by atoms with Crippen LogP contribution in [0.1, 0.15) is 31.1 Å². The van der Waals surface area contributed by atoms with Crippen LogP contribution in [0.15, 0.2) is 6.20 Å². The number of anilines is 1. The normalized spacial score (nSPS) is 29.9. The molecule has 2 aliphatic rings. The molecule has 0 radical (unpaired) electrons. The monoisotopic (exact) mass is 295 g/mol. The molecule has 1 aliphatic carbocycles. The van der Waals surface area contributed by atoms with Crippen molar-refractivity contribution in [1.82, 2.24) is 9.88 Å². The lowest BCUT2D eigenvalue weighted by Gasteiger charge is -2.44. The minimum absolute atomic E-state index is 0.531. The largest absolute Gasteiger partial charge is 0.378 e. The van der Waals surface area contributed by atoms with Crippen LogP contribution >= 0.6 is 11.3 Å². The van der Waals surface area contributed by atoms with Gasteiger partial charge >= 0.3 is 0 Å². The highest BCUT2D eigenvalue weighted by atomic mass is 32.1. The van der Waals surface area contributed by atoms with Crippen molar-refractivity contribution >= 4 is 16.5 Å². The highest BCUT2D eigenvalue weighted by molar-refractivity contribution is 7.15. The molecule has 2 heterocycles. The van der Waals surface area contributed by atoms with E-state index in [9.17, 15) is 0 Å². The zero-order valence-corrected chi connectivity index (χ0v) is 13.6. The van der Waals surface area contributed by atoms with Crippen LogP contribution in [0.4, 0.5) is 5.13 Å². The molecule has 5 heteroatoms. The number of rotatable bonds is 5. The highest BCUT2D eigenvalue weighted by Crippen LogP contribution is 2.49. The Balaban J connectivity index is 1.51. The number of hydrogen-bond acceptors (Lipinski definition) is 5. The maximum Gasteiger partial charge on any atom is 0.185 e. The molecule has 1 aromatic heterocycles. The average Bonchev–Trinajstić information content (AvgIpc) is 2.97. The smallest absolute Gasteiger partial charge is 0.185 e. The summed E-state index contributed by atoms with van der Waals surface area (Å²) in [5.41, 5.74) is 0.564. The number of ether oxygens (including phenoxy) is 1. The van der Waals surface area contributed by atoms with E-state index >= 15 is 0 Å². The van der Waals surface area contributed by atoms with E-state index in [4.69, 9.17) is 4.74 Å². The average molecular weight is 295 g/mol. The van der Waals surface area contributed by atoms with E-state index in [2.05, 4.69) is 35.8 Å². The topological polar surface area (TPSA) is 28.6 Å². The molecule has 0 N–H and O–H groups in total. The third-order valence-corrected chi connectivity index (χ3v) is 5.69. The number of likely N-dealkylation sites (tertiary alicyclic amines) is 1. The lowest BCUT2D eigenvalue weighted by Crippen LogP contribution is -2.44. The lowest BCUT2D eigenvalue weighted by molar-refractivity contribution is -0.0718. The molecule has 0 amide bonds. The zero-order chi connectivity index (χ0) is 14.2. The van der Waals surface area contributed by atoms with Gasteiger partial charge in [-0.15, -0.1) is 11.3 Å². The lowest BCUT2D eigenvalue weighted by atomic mass is 9.66. The molecule has 4 nitrogen and oxygen atoms in total. The predicted molar refractivity (Wildman–Crippen MR) is 83.4 cm³/mol. The van der Waals surface area contributed by atoms with Crippen LogP contribution in [0.25, 0.3) is 0 Å². The summed E-state index contributed by atoms with van der Waals surface area (Å²) in [5.74, 6) is 0. The van der Waals surface area contributed by atoms with E-state index in [-0.39, 0.29) is 0 Å². The molecule has 1 saturated heterocycles. The molecule has 1 spiro atoms. The van der Waals surface area contributed by atoms with Crippen molar-refractivity contribution < 1.29 is 4.74 Å². The van der Waals surface area contributed by atoms with E-state index in [1.807, 2.05) is 17.5 Å². The van der Waals surface area contributed by atoms with Gasteiger partial charge in [0.2, 0.25) is 0 Å². The van der Waals surface area contributed by atoms with Gasteiger partial charge in [-0.3, -0.25) is 4.90 Å². The van der Waals surface area contributed by atoms with Gasteiger partial charge in [0.25, 0.3) is 0 Å². The Morgan fingerprint density at radius 2 is 2.30 bits per heavy atom. The molecule has 1 aliphatic heterocycles. The molecule has 0 atom stereocenters. The fourth-order valence-corrected chi connectivity index (χ4v) is 4.43. The molecule has 0 aromatic carbocycles. The number of hydrogen-bond donors (Lipinski definition) is 0. The number of nitrogens with zero attached hydrogens (tertiary/aromatic N) is 3. The first kappa shape index (κ1) is 14.3. The summed E-state index contributed by atoms with van der Waals surface area (Å²) in [6.07, 6.45) is 6.44. The van der Waals surface area contributed by atoms with Crippen LogP contribution in [-0.4, -0.2) is 49.8 Å². The molecule has 1 aromatic rings. The minimum Gasteiger partial charge on any atom is -0.378 e. The van der Waals surface area contributed by atoms with Crippen LogP contribution in [0.2, 0.25) is 0 Å². The third-order valence-electron chi connectivity index (χ3n) is 4.54. The van der Waals surface area contributed by atoms with Crippen molar-refractivity contribution in [3.05, 3.63) is 11.1 Å². The van der Waals surface area contributed by atoms with Crippen molar-refractivity contribution in [2.45, 2.75) is 38.8 Å². The molecule has 0 unspecified atom stereocenters. The Labute approximate surface area is 125 Å². The van der Waals surface area contributed by atoms with E-state index < -0.39 is 0 Å². The van der Waals surface area contributed by atoms with Gasteiger partial charge in [0.1, 0.15) is 0 Å². The summed E-state index contributed by atoms with van der Waals surface area (Å²) in [7, 11) is 4.10. The first-order valence-corrected chi connectivity index (χ1v) is 8.38. The summed E-state index contributed by atoms with van der Waals surface area (Å²) in [6.45, 7) is 6.49. The van der Waals surface area contributed by atoms with Gasteiger partial charge in [-0.1, -0.05) is 0 Å². The Kier molecular flexibility index (Phi) is 4.02. The molecule has 0 bridgehead atoms. The Morgan fingerprint density at radius 3 is 2.95 bits per heavy atom. The van der Waals surface area contributed by atoms with Crippen LogP contribution in [0.5, 0.6) is 0 Å². The highest BCUT2D eigenvalue weighted by Gasteiger charge is 2.48. The number of aromatic nitrogens is 1. The van der Waals surface area contributed by atoms with Gasteiger partial charge in [-0.2, -0.15) is 0 Å². The number of thiazole rings is 1. The summed E-state index contributed by atoms with van der Waals surface area (Å²) in [6, 6.07) is 0. The van der Waals surface area contributed by atoms with Crippen LogP contribution in [-0.2, 0) is 11.3 Å². The van der Waals surface area contributed by atoms with Gasteiger partial charge in [0, 0.05) is 44.9 Å². The van der Waals surface area contributed by atoms with Crippen LogP contribution in [0, 0.1) is 5.41 Å². The Bertz CT molecular complexity index is 454. The van der Waals surface area contributed by atoms with Gasteiger partial charge in [0.15, 0.2) is 5.13 Å². The quantitative estimate of drug-likeness (QED) is 0.835. The summed E-state index contributed by atoms with van der Waals surface area (Å²) in [4.78, 5) is 10.5. The zero-order valence-electron chi connectivity index (χ0n) is 12.8. The molecule has 20 heavy (non-hydrogen) atoms. The summed E-state index contributed by atoms with van der Waals surface area (Å²) >= 11 is 1.81. The second-order valence-electron chi connectivity index (χ2n) is 6.45. The first-order chi connectivity index (χ1) is 9.60. The van der Waals surface area contributed by atoms with Crippen molar-refractivity contribution in [2.24, 2.45) is 5.41 Å². The SMILES string of the molecule is CCOC1CC2(CCN(Cc3cnc(N(C)C)s3)C2)C1.